The Hall–Kier alpha value is -2.90. The lowest BCUT2D eigenvalue weighted by molar-refractivity contribution is -0.384. The maximum atomic E-state index is 11.3. The number of carbonyl (C=O) groups is 2. The lowest BCUT2D eigenvalue weighted by Crippen LogP contribution is -2.11. The Kier molecular flexibility index (Phi) is 6.55. The first kappa shape index (κ1) is 17.2. The van der Waals surface area contributed by atoms with Crippen molar-refractivity contribution >= 4 is 17.8 Å². The molecule has 0 amide bonds. The minimum Gasteiger partial charge on any atom is -0.466 e. The summed E-state index contributed by atoms with van der Waals surface area (Å²) in [4.78, 5) is 32.4. The molecule has 0 saturated carbocycles. The number of esters is 1. The maximum absolute atomic E-state index is 11.3. The number of nitro groups is 1. The van der Waals surface area contributed by atoms with Crippen molar-refractivity contribution in [3.05, 3.63) is 52.1 Å². The van der Waals surface area contributed by atoms with Gasteiger partial charge in [0, 0.05) is 24.6 Å². The molecule has 0 aliphatic rings. The summed E-state index contributed by atoms with van der Waals surface area (Å²) < 4.78 is 13.9. The smallest absolute Gasteiger partial charge is 0.466 e. The number of rotatable bonds is 6. The largest absolute Gasteiger partial charge is 0.508 e. The minimum atomic E-state index is -0.894. The van der Waals surface area contributed by atoms with Gasteiger partial charge in [-0.1, -0.05) is 6.08 Å². The van der Waals surface area contributed by atoms with Gasteiger partial charge >= 0.3 is 12.1 Å². The average molecular weight is 309 g/mol. The van der Waals surface area contributed by atoms with E-state index >= 15 is 0 Å². The van der Waals surface area contributed by atoms with Gasteiger partial charge in [-0.2, -0.15) is 0 Å². The quantitative estimate of drug-likeness (QED) is 0.344. The van der Waals surface area contributed by atoms with E-state index in [1.807, 2.05) is 0 Å². The number of nitrogens with zero attached hydrogens (tertiary/aromatic N) is 1. The number of carbonyl (C=O) groups excluding carboxylic acids is 2. The molecule has 1 atom stereocenters. The van der Waals surface area contributed by atoms with Crippen LogP contribution in [-0.2, 0) is 19.0 Å². The zero-order valence-electron chi connectivity index (χ0n) is 12.1. The second-order valence-corrected chi connectivity index (χ2v) is 4.07. The Morgan fingerprint density at radius 1 is 1.23 bits per heavy atom. The third kappa shape index (κ3) is 5.23. The normalized spacial score (nSPS) is 11.7. The SMILES string of the molecule is COC(=O)/C=C/CC(OC(=O)OC)c1ccc([N+](=O)[O-])cc1. The van der Waals surface area contributed by atoms with Crippen LogP contribution in [-0.4, -0.2) is 31.3 Å². The number of nitro benzene ring substituents is 1. The summed E-state index contributed by atoms with van der Waals surface area (Å²) >= 11 is 0. The average Bonchev–Trinajstić information content (AvgIpc) is 2.53. The molecule has 0 aliphatic carbocycles. The van der Waals surface area contributed by atoms with Gasteiger partial charge in [0.1, 0.15) is 6.10 Å². The van der Waals surface area contributed by atoms with E-state index in [4.69, 9.17) is 4.74 Å². The van der Waals surface area contributed by atoms with Crippen molar-refractivity contribution < 1.29 is 28.7 Å². The molecule has 0 N–H and O–H groups in total. The highest BCUT2D eigenvalue weighted by molar-refractivity contribution is 5.81. The number of benzene rings is 1. The fourth-order valence-corrected chi connectivity index (χ4v) is 1.58. The van der Waals surface area contributed by atoms with E-state index in [2.05, 4.69) is 9.47 Å². The summed E-state index contributed by atoms with van der Waals surface area (Å²) in [6, 6.07) is 5.54. The summed E-state index contributed by atoms with van der Waals surface area (Å²) in [6.07, 6.45) is 1.21. The van der Waals surface area contributed by atoms with Crippen LogP contribution in [0, 0.1) is 10.1 Å². The summed E-state index contributed by atoms with van der Waals surface area (Å²) in [7, 11) is 2.41. The molecule has 0 aliphatic heterocycles. The molecule has 8 heteroatoms. The molecule has 0 aromatic heterocycles. The van der Waals surface area contributed by atoms with Gasteiger partial charge in [0.15, 0.2) is 0 Å². The van der Waals surface area contributed by atoms with Crippen LogP contribution in [0.2, 0.25) is 0 Å². The maximum Gasteiger partial charge on any atom is 0.508 e. The highest BCUT2D eigenvalue weighted by Crippen LogP contribution is 2.24. The first-order valence-corrected chi connectivity index (χ1v) is 6.21. The molecule has 0 saturated heterocycles. The fourth-order valence-electron chi connectivity index (χ4n) is 1.58. The van der Waals surface area contributed by atoms with Crippen molar-refractivity contribution in [1.82, 2.24) is 0 Å². The predicted octanol–water partition coefficient (Wildman–Crippen LogP) is 2.54. The molecule has 0 heterocycles. The Bertz CT molecular complexity index is 565. The van der Waals surface area contributed by atoms with Crippen molar-refractivity contribution in [2.45, 2.75) is 12.5 Å². The van der Waals surface area contributed by atoms with Crippen molar-refractivity contribution in [3.8, 4) is 0 Å². The van der Waals surface area contributed by atoms with Crippen molar-refractivity contribution in [2.24, 2.45) is 0 Å². The Morgan fingerprint density at radius 3 is 2.36 bits per heavy atom. The van der Waals surface area contributed by atoms with Gasteiger partial charge < -0.3 is 14.2 Å². The van der Waals surface area contributed by atoms with Crippen molar-refractivity contribution in [1.29, 1.82) is 0 Å². The molecule has 1 unspecified atom stereocenters. The monoisotopic (exact) mass is 309 g/mol. The standard InChI is InChI=1S/C14H15NO7/c1-20-13(16)5-3-4-12(22-14(17)21-2)10-6-8-11(9-7-10)15(18)19/h3,5-9,12H,4H2,1-2H3/b5-3+. The third-order valence-corrected chi connectivity index (χ3v) is 2.69. The second-order valence-electron chi connectivity index (χ2n) is 4.07. The third-order valence-electron chi connectivity index (χ3n) is 2.69. The van der Waals surface area contributed by atoms with Crippen LogP contribution in [0.15, 0.2) is 36.4 Å². The lowest BCUT2D eigenvalue weighted by atomic mass is 10.1. The van der Waals surface area contributed by atoms with Gasteiger partial charge in [-0.25, -0.2) is 9.59 Å². The molecule has 0 spiro atoms. The van der Waals surface area contributed by atoms with Crippen LogP contribution >= 0.6 is 0 Å². The van der Waals surface area contributed by atoms with Crippen molar-refractivity contribution in [3.63, 3.8) is 0 Å². The summed E-state index contributed by atoms with van der Waals surface area (Å²) in [5.74, 6) is -0.541. The molecule has 1 aromatic carbocycles. The van der Waals surface area contributed by atoms with Gasteiger partial charge in [0.25, 0.3) is 5.69 Å². The summed E-state index contributed by atoms with van der Waals surface area (Å²) in [6.45, 7) is 0. The van der Waals surface area contributed by atoms with E-state index in [1.54, 1.807) is 0 Å². The molecule has 1 rings (SSSR count). The summed E-state index contributed by atoms with van der Waals surface area (Å²) in [5.41, 5.74) is 0.455. The number of hydrogen-bond donors (Lipinski definition) is 0. The molecule has 8 nitrogen and oxygen atoms in total. The van der Waals surface area contributed by atoms with Crippen LogP contribution in [0.4, 0.5) is 10.5 Å². The first-order valence-electron chi connectivity index (χ1n) is 6.21. The Morgan fingerprint density at radius 2 is 1.86 bits per heavy atom. The van der Waals surface area contributed by atoms with Gasteiger partial charge in [-0.3, -0.25) is 10.1 Å². The van der Waals surface area contributed by atoms with Gasteiger partial charge in [-0.05, 0) is 17.7 Å². The van der Waals surface area contributed by atoms with Gasteiger partial charge in [0.2, 0.25) is 0 Å². The van der Waals surface area contributed by atoms with E-state index in [0.29, 0.717) is 5.56 Å². The van der Waals surface area contributed by atoms with E-state index < -0.39 is 23.2 Å². The van der Waals surface area contributed by atoms with Crippen LogP contribution in [0.3, 0.4) is 0 Å². The molecular weight excluding hydrogens is 294 g/mol. The molecule has 0 radical (unpaired) electrons. The van der Waals surface area contributed by atoms with Crippen molar-refractivity contribution in [2.75, 3.05) is 14.2 Å². The van der Waals surface area contributed by atoms with Crippen LogP contribution in [0.5, 0.6) is 0 Å². The fraction of sp³-hybridized carbons (Fsp3) is 0.286. The second kappa shape index (κ2) is 8.40. The predicted molar refractivity (Wildman–Crippen MR) is 75.1 cm³/mol. The molecule has 118 valence electrons. The molecular formula is C14H15NO7. The molecule has 22 heavy (non-hydrogen) atoms. The van der Waals surface area contributed by atoms with Crippen LogP contribution in [0.1, 0.15) is 18.1 Å². The molecule has 0 fully saturated rings. The van der Waals surface area contributed by atoms with Crippen LogP contribution < -0.4 is 0 Å². The minimum absolute atomic E-state index is 0.0781. The highest BCUT2D eigenvalue weighted by Gasteiger charge is 2.17. The zero-order chi connectivity index (χ0) is 16.5. The molecule has 0 bridgehead atoms. The van der Waals surface area contributed by atoms with Gasteiger partial charge in [0.05, 0.1) is 19.1 Å². The highest BCUT2D eigenvalue weighted by atomic mass is 16.7. The number of ether oxygens (including phenoxy) is 3. The van der Waals surface area contributed by atoms with E-state index in [1.165, 1.54) is 50.6 Å². The summed E-state index contributed by atoms with van der Waals surface area (Å²) in [5, 5.41) is 10.6. The van der Waals surface area contributed by atoms with E-state index in [-0.39, 0.29) is 12.1 Å². The van der Waals surface area contributed by atoms with Crippen LogP contribution in [0.25, 0.3) is 0 Å². The topological polar surface area (TPSA) is 105 Å². The first-order chi connectivity index (χ1) is 10.5. The number of hydrogen-bond acceptors (Lipinski definition) is 7. The Labute approximate surface area is 126 Å². The lowest BCUT2D eigenvalue weighted by Gasteiger charge is -2.15. The Balaban J connectivity index is 2.88. The van der Waals surface area contributed by atoms with E-state index in [9.17, 15) is 19.7 Å². The molecule has 1 aromatic rings. The number of non-ortho nitro benzene ring substituents is 1. The zero-order valence-corrected chi connectivity index (χ0v) is 12.1. The van der Waals surface area contributed by atoms with E-state index in [0.717, 1.165) is 0 Å². The number of methoxy groups -OCH3 is 2. The van der Waals surface area contributed by atoms with Gasteiger partial charge in [-0.15, -0.1) is 0 Å².